The lowest BCUT2D eigenvalue weighted by molar-refractivity contribution is -0.134. The van der Waals surface area contributed by atoms with Crippen molar-refractivity contribution >= 4 is 16.0 Å². The summed E-state index contributed by atoms with van der Waals surface area (Å²) in [7, 11) is -3.66. The highest BCUT2D eigenvalue weighted by Crippen LogP contribution is 2.18. The Morgan fingerprint density at radius 2 is 1.87 bits per heavy atom. The van der Waals surface area contributed by atoms with E-state index in [1.54, 1.807) is 0 Å². The van der Waals surface area contributed by atoms with E-state index >= 15 is 0 Å². The Balaban J connectivity index is 2.56. The van der Waals surface area contributed by atoms with Gasteiger partial charge in [-0.2, -0.15) is 0 Å². The summed E-state index contributed by atoms with van der Waals surface area (Å²) in [6.45, 7) is 0.675. The summed E-state index contributed by atoms with van der Waals surface area (Å²) >= 11 is 0. The van der Waals surface area contributed by atoms with Gasteiger partial charge in [0.2, 0.25) is 10.0 Å². The highest BCUT2D eigenvalue weighted by atomic mass is 32.2. The minimum Gasteiger partial charge on any atom is -0.480 e. The minimum absolute atomic E-state index is 0.0623. The van der Waals surface area contributed by atoms with Gasteiger partial charge in [0.05, 0.1) is 0 Å². The van der Waals surface area contributed by atoms with Gasteiger partial charge in [-0.25, -0.2) is 12.7 Å². The van der Waals surface area contributed by atoms with Gasteiger partial charge >= 0.3 is 5.97 Å². The van der Waals surface area contributed by atoms with Crippen LogP contribution in [-0.2, 0) is 14.8 Å². The lowest BCUT2D eigenvalue weighted by atomic mass is 10.00. The molecule has 88 valence electrons. The maximum atomic E-state index is 11.5. The van der Waals surface area contributed by atoms with Crippen LogP contribution in [0.3, 0.4) is 0 Å². The third-order valence-corrected chi connectivity index (χ3v) is 4.29. The van der Waals surface area contributed by atoms with Crippen LogP contribution < -0.4 is 0 Å². The number of aliphatic carboxylic acids is 1. The number of piperidine rings is 1. The van der Waals surface area contributed by atoms with Crippen LogP contribution in [0, 0.1) is 5.92 Å². The standard InChI is InChI=1S/C8H15NO5S/c10-5-7-1-3-9(4-2-7)15(13,14)6-8(11)12/h7,10H,1-6H2,(H,11,12). The van der Waals surface area contributed by atoms with E-state index in [2.05, 4.69) is 0 Å². The lowest BCUT2D eigenvalue weighted by Gasteiger charge is -2.29. The molecule has 0 spiro atoms. The monoisotopic (exact) mass is 237 g/mol. The van der Waals surface area contributed by atoms with Crippen molar-refractivity contribution in [1.82, 2.24) is 4.31 Å². The molecule has 2 N–H and O–H groups in total. The van der Waals surface area contributed by atoms with Crippen LogP contribution in [0.2, 0.25) is 0 Å². The first-order valence-corrected chi connectivity index (χ1v) is 6.37. The molecule has 1 rings (SSSR count). The van der Waals surface area contributed by atoms with Gasteiger partial charge in [0.15, 0.2) is 5.75 Å². The average molecular weight is 237 g/mol. The second-order valence-corrected chi connectivity index (χ2v) is 5.64. The zero-order chi connectivity index (χ0) is 11.5. The third-order valence-electron chi connectivity index (χ3n) is 2.53. The Kier molecular flexibility index (Phi) is 4.06. The normalized spacial score (nSPS) is 20.3. The molecule has 0 aromatic rings. The molecule has 1 saturated heterocycles. The molecule has 0 aromatic heterocycles. The number of hydrogen-bond donors (Lipinski definition) is 2. The molecule has 0 aromatic carbocycles. The summed E-state index contributed by atoms with van der Waals surface area (Å²) in [5.41, 5.74) is 0. The minimum atomic E-state index is -3.66. The number of aliphatic hydroxyl groups is 1. The first-order valence-electron chi connectivity index (χ1n) is 4.76. The highest BCUT2D eigenvalue weighted by Gasteiger charge is 2.29. The third kappa shape index (κ3) is 3.44. The quantitative estimate of drug-likeness (QED) is 0.661. The van der Waals surface area contributed by atoms with Crippen LogP contribution >= 0.6 is 0 Å². The largest absolute Gasteiger partial charge is 0.480 e. The topological polar surface area (TPSA) is 94.9 Å². The Bertz CT molecular complexity index is 318. The van der Waals surface area contributed by atoms with Crippen molar-refractivity contribution in [2.75, 3.05) is 25.4 Å². The molecular weight excluding hydrogens is 222 g/mol. The predicted octanol–water partition coefficient (Wildman–Crippen LogP) is -0.895. The molecule has 0 bridgehead atoms. The summed E-state index contributed by atoms with van der Waals surface area (Å²) < 4.78 is 24.1. The first kappa shape index (κ1) is 12.4. The lowest BCUT2D eigenvalue weighted by Crippen LogP contribution is -2.41. The molecule has 0 radical (unpaired) electrons. The maximum absolute atomic E-state index is 11.5. The molecule has 1 heterocycles. The van der Waals surface area contributed by atoms with E-state index in [0.717, 1.165) is 0 Å². The van der Waals surface area contributed by atoms with Crippen LogP contribution in [0.25, 0.3) is 0 Å². The van der Waals surface area contributed by atoms with Crippen LogP contribution in [0.4, 0.5) is 0 Å². The van der Waals surface area contributed by atoms with Crippen molar-refractivity contribution in [2.45, 2.75) is 12.8 Å². The van der Waals surface area contributed by atoms with Crippen molar-refractivity contribution in [3.05, 3.63) is 0 Å². The van der Waals surface area contributed by atoms with E-state index in [9.17, 15) is 13.2 Å². The van der Waals surface area contributed by atoms with Crippen LogP contribution in [0.1, 0.15) is 12.8 Å². The molecule has 7 heteroatoms. The molecule has 1 aliphatic rings. The van der Waals surface area contributed by atoms with Gasteiger partial charge < -0.3 is 10.2 Å². The van der Waals surface area contributed by atoms with Gasteiger partial charge in [0.25, 0.3) is 0 Å². The van der Waals surface area contributed by atoms with Gasteiger partial charge in [-0.05, 0) is 18.8 Å². The van der Waals surface area contributed by atoms with Gasteiger partial charge in [-0.1, -0.05) is 0 Å². The second kappa shape index (κ2) is 4.91. The molecule has 0 atom stereocenters. The maximum Gasteiger partial charge on any atom is 0.320 e. The van der Waals surface area contributed by atoms with Crippen molar-refractivity contribution < 1.29 is 23.4 Å². The van der Waals surface area contributed by atoms with Crippen molar-refractivity contribution in [2.24, 2.45) is 5.92 Å². The number of carbonyl (C=O) groups is 1. The van der Waals surface area contributed by atoms with Gasteiger partial charge in [-0.3, -0.25) is 4.79 Å². The van der Waals surface area contributed by atoms with E-state index < -0.39 is 21.7 Å². The van der Waals surface area contributed by atoms with E-state index in [4.69, 9.17) is 10.2 Å². The fraction of sp³-hybridized carbons (Fsp3) is 0.875. The number of carboxylic acids is 1. The van der Waals surface area contributed by atoms with Gasteiger partial charge in [0.1, 0.15) is 0 Å². The van der Waals surface area contributed by atoms with Gasteiger partial charge in [-0.15, -0.1) is 0 Å². The zero-order valence-electron chi connectivity index (χ0n) is 8.29. The van der Waals surface area contributed by atoms with Crippen molar-refractivity contribution in [3.63, 3.8) is 0 Å². The highest BCUT2D eigenvalue weighted by molar-refractivity contribution is 7.89. The fourth-order valence-electron chi connectivity index (χ4n) is 1.62. The van der Waals surface area contributed by atoms with Crippen LogP contribution in [0.15, 0.2) is 0 Å². The van der Waals surface area contributed by atoms with E-state index in [0.29, 0.717) is 25.9 Å². The Labute approximate surface area is 88.6 Å². The SMILES string of the molecule is O=C(O)CS(=O)(=O)N1CCC(CO)CC1. The Morgan fingerprint density at radius 1 is 1.33 bits per heavy atom. The zero-order valence-corrected chi connectivity index (χ0v) is 9.11. The molecule has 6 nitrogen and oxygen atoms in total. The number of carboxylic acid groups (broad SMARTS) is 1. The smallest absolute Gasteiger partial charge is 0.320 e. The van der Waals surface area contributed by atoms with Gasteiger partial charge in [0, 0.05) is 19.7 Å². The molecule has 0 aliphatic carbocycles. The number of hydrogen-bond acceptors (Lipinski definition) is 4. The summed E-state index contributed by atoms with van der Waals surface area (Å²) in [6.07, 6.45) is 1.19. The molecule has 1 aliphatic heterocycles. The first-order chi connectivity index (χ1) is 6.95. The predicted molar refractivity (Wildman–Crippen MR) is 52.8 cm³/mol. The van der Waals surface area contributed by atoms with Crippen LogP contribution in [-0.4, -0.2) is 54.4 Å². The molecule has 15 heavy (non-hydrogen) atoms. The van der Waals surface area contributed by atoms with E-state index in [1.165, 1.54) is 4.31 Å². The number of sulfonamides is 1. The number of aliphatic hydroxyl groups excluding tert-OH is 1. The van der Waals surface area contributed by atoms with E-state index in [1.807, 2.05) is 0 Å². The summed E-state index contributed by atoms with van der Waals surface area (Å²) in [4.78, 5) is 10.3. The molecule has 1 fully saturated rings. The molecule has 0 unspecified atom stereocenters. The molecule has 0 amide bonds. The van der Waals surface area contributed by atoms with Crippen molar-refractivity contribution in [3.8, 4) is 0 Å². The second-order valence-electron chi connectivity index (χ2n) is 3.67. The summed E-state index contributed by atoms with van der Waals surface area (Å²) in [6, 6.07) is 0. The fourth-order valence-corrected chi connectivity index (χ4v) is 2.88. The Morgan fingerprint density at radius 3 is 2.27 bits per heavy atom. The number of nitrogens with zero attached hydrogens (tertiary/aromatic N) is 1. The average Bonchev–Trinajstić information content (AvgIpc) is 2.16. The molecular formula is C8H15NO5S. The molecule has 0 saturated carbocycles. The van der Waals surface area contributed by atoms with Crippen molar-refractivity contribution in [1.29, 1.82) is 0 Å². The summed E-state index contributed by atoms with van der Waals surface area (Å²) in [5, 5.41) is 17.3. The summed E-state index contributed by atoms with van der Waals surface area (Å²) in [5.74, 6) is -2.04. The Hall–Kier alpha value is -0.660. The van der Waals surface area contributed by atoms with E-state index in [-0.39, 0.29) is 12.5 Å². The van der Waals surface area contributed by atoms with Crippen LogP contribution in [0.5, 0.6) is 0 Å². The number of rotatable bonds is 4.